The maximum Gasteiger partial charge on any atom is 0.163 e. The van der Waals surface area contributed by atoms with Gasteiger partial charge in [-0.15, -0.1) is 10.2 Å². The Kier molecular flexibility index (Phi) is 4.59. The van der Waals surface area contributed by atoms with E-state index in [2.05, 4.69) is 45.1 Å². The van der Waals surface area contributed by atoms with Gasteiger partial charge in [0.25, 0.3) is 0 Å². The van der Waals surface area contributed by atoms with Crippen LogP contribution in [0.5, 0.6) is 0 Å². The molecule has 3 heterocycles. The summed E-state index contributed by atoms with van der Waals surface area (Å²) in [4.78, 5) is 0. The zero-order chi connectivity index (χ0) is 20.1. The molecule has 1 fully saturated rings. The van der Waals surface area contributed by atoms with Crippen molar-refractivity contribution >= 4 is 33.2 Å². The van der Waals surface area contributed by atoms with Crippen LogP contribution in [0.15, 0.2) is 42.5 Å². The normalized spacial score (nSPS) is 21.2. The highest BCUT2D eigenvalue weighted by atomic mass is 35.5. The second-order valence-corrected chi connectivity index (χ2v) is 9.43. The lowest BCUT2D eigenvalue weighted by molar-refractivity contribution is 0.105. The van der Waals surface area contributed by atoms with Gasteiger partial charge in [-0.25, -0.2) is 0 Å². The van der Waals surface area contributed by atoms with Crippen LogP contribution in [-0.2, 0) is 18.0 Å². The molecule has 0 unspecified atom stereocenters. The summed E-state index contributed by atoms with van der Waals surface area (Å²) in [6, 6.07) is 14.6. The summed E-state index contributed by atoms with van der Waals surface area (Å²) >= 11 is 7.84. The average molecular weight is 437 g/mol. The largest absolute Gasteiger partial charge is 0.369 e. The fourth-order valence-corrected chi connectivity index (χ4v) is 5.96. The van der Waals surface area contributed by atoms with Crippen LogP contribution in [0, 0.1) is 0 Å². The van der Waals surface area contributed by atoms with Gasteiger partial charge < -0.3 is 4.74 Å². The summed E-state index contributed by atoms with van der Waals surface area (Å²) in [5, 5.41) is 11.1. The van der Waals surface area contributed by atoms with Gasteiger partial charge in [-0.3, -0.25) is 4.57 Å². The summed E-state index contributed by atoms with van der Waals surface area (Å²) in [7, 11) is 0. The van der Waals surface area contributed by atoms with Crippen molar-refractivity contribution in [3.05, 3.63) is 70.4 Å². The standard InChI is InChI=1S/C23H21ClN4OS/c24-17-9-10-19-16(11-17)12-29-13-21-25-26-23(28(19)21)15-7-5-14(6-8-15)22-18-3-1-2-4-20(18)30-27-22/h1-4,9-11,14-15H,5-8,12-13H2. The van der Waals surface area contributed by atoms with Crippen molar-refractivity contribution in [1.29, 1.82) is 0 Å². The zero-order valence-electron chi connectivity index (χ0n) is 16.4. The number of hydrogen-bond donors (Lipinski definition) is 0. The molecule has 2 aromatic carbocycles. The molecule has 0 bridgehead atoms. The van der Waals surface area contributed by atoms with Crippen molar-refractivity contribution in [3.8, 4) is 5.69 Å². The molecule has 7 heteroatoms. The lowest BCUT2D eigenvalue weighted by Crippen LogP contribution is -2.17. The lowest BCUT2D eigenvalue weighted by atomic mass is 9.79. The van der Waals surface area contributed by atoms with Crippen molar-refractivity contribution in [2.24, 2.45) is 0 Å². The summed E-state index contributed by atoms with van der Waals surface area (Å²) in [5.41, 5.74) is 3.46. The summed E-state index contributed by atoms with van der Waals surface area (Å²) in [6.07, 6.45) is 4.45. The minimum atomic E-state index is 0.397. The van der Waals surface area contributed by atoms with Gasteiger partial charge in [0.2, 0.25) is 0 Å². The number of hydrogen-bond acceptors (Lipinski definition) is 5. The molecule has 1 aliphatic carbocycles. The molecule has 0 saturated heterocycles. The van der Waals surface area contributed by atoms with Crippen molar-refractivity contribution in [2.75, 3.05) is 0 Å². The Morgan fingerprint density at radius 1 is 0.967 bits per heavy atom. The second kappa shape index (κ2) is 7.45. The van der Waals surface area contributed by atoms with Crippen molar-refractivity contribution in [1.82, 2.24) is 19.1 Å². The van der Waals surface area contributed by atoms with Crippen LogP contribution in [-0.4, -0.2) is 19.1 Å². The molecule has 6 rings (SSSR count). The van der Waals surface area contributed by atoms with E-state index in [9.17, 15) is 0 Å². The Hall–Kier alpha value is -2.28. The van der Waals surface area contributed by atoms with Gasteiger partial charge >= 0.3 is 0 Å². The minimum absolute atomic E-state index is 0.397. The van der Waals surface area contributed by atoms with E-state index in [0.29, 0.717) is 25.0 Å². The molecule has 4 aromatic rings. The highest BCUT2D eigenvalue weighted by Crippen LogP contribution is 2.43. The molecule has 0 amide bonds. The van der Waals surface area contributed by atoms with Crippen LogP contribution in [0.3, 0.4) is 0 Å². The van der Waals surface area contributed by atoms with Gasteiger partial charge in [0, 0.05) is 27.8 Å². The molecule has 1 saturated carbocycles. The van der Waals surface area contributed by atoms with Crippen LogP contribution in [0.25, 0.3) is 15.8 Å². The fourth-order valence-electron chi connectivity index (χ4n) is 4.92. The Labute approximate surface area is 183 Å². The quantitative estimate of drug-likeness (QED) is 0.386. The molecule has 0 radical (unpaired) electrons. The molecule has 2 aliphatic rings. The van der Waals surface area contributed by atoms with Crippen LogP contribution < -0.4 is 0 Å². The maximum atomic E-state index is 6.22. The van der Waals surface area contributed by atoms with E-state index < -0.39 is 0 Å². The first kappa shape index (κ1) is 18.5. The predicted octanol–water partition coefficient (Wildman–Crippen LogP) is 6.00. The van der Waals surface area contributed by atoms with Gasteiger partial charge in [-0.05, 0) is 61.5 Å². The number of benzene rings is 2. The van der Waals surface area contributed by atoms with E-state index >= 15 is 0 Å². The molecular formula is C23H21ClN4OS. The SMILES string of the molecule is Clc1ccc2c(c1)COCc1nnc(C3CCC(c4nsc5ccccc45)CC3)n1-2. The van der Waals surface area contributed by atoms with E-state index in [1.807, 2.05) is 12.1 Å². The maximum absolute atomic E-state index is 6.22. The van der Waals surface area contributed by atoms with Gasteiger partial charge in [0.1, 0.15) is 12.4 Å². The zero-order valence-corrected chi connectivity index (χ0v) is 18.0. The first-order valence-corrected chi connectivity index (χ1v) is 11.6. The fraction of sp³-hybridized carbons (Fsp3) is 0.348. The highest BCUT2D eigenvalue weighted by Gasteiger charge is 2.31. The summed E-state index contributed by atoms with van der Waals surface area (Å²) in [6.45, 7) is 1.02. The second-order valence-electron chi connectivity index (χ2n) is 8.19. The van der Waals surface area contributed by atoms with Crippen molar-refractivity contribution in [3.63, 3.8) is 0 Å². The molecular weight excluding hydrogens is 416 g/mol. The molecule has 0 spiro atoms. The van der Waals surface area contributed by atoms with Crippen LogP contribution in [0.1, 0.15) is 60.4 Å². The smallest absolute Gasteiger partial charge is 0.163 e. The van der Waals surface area contributed by atoms with Gasteiger partial charge in [-0.1, -0.05) is 29.8 Å². The first-order chi connectivity index (χ1) is 14.8. The van der Waals surface area contributed by atoms with E-state index in [1.54, 1.807) is 11.5 Å². The molecule has 2 aromatic heterocycles. The van der Waals surface area contributed by atoms with Crippen LogP contribution >= 0.6 is 23.1 Å². The lowest BCUT2D eigenvalue weighted by Gasteiger charge is -2.27. The molecule has 0 atom stereocenters. The predicted molar refractivity (Wildman–Crippen MR) is 118 cm³/mol. The number of halogens is 1. The van der Waals surface area contributed by atoms with E-state index in [4.69, 9.17) is 20.7 Å². The molecule has 0 N–H and O–H groups in total. The molecule has 1 aliphatic heterocycles. The topological polar surface area (TPSA) is 52.8 Å². The first-order valence-electron chi connectivity index (χ1n) is 10.4. The van der Waals surface area contributed by atoms with Gasteiger partial charge in [-0.2, -0.15) is 4.37 Å². The Morgan fingerprint density at radius 2 is 1.80 bits per heavy atom. The van der Waals surface area contributed by atoms with Crippen LogP contribution in [0.2, 0.25) is 5.02 Å². The van der Waals surface area contributed by atoms with Crippen molar-refractivity contribution < 1.29 is 4.74 Å². The highest BCUT2D eigenvalue weighted by molar-refractivity contribution is 7.13. The average Bonchev–Trinajstić information content (AvgIpc) is 3.34. The third-order valence-corrected chi connectivity index (χ3v) is 7.49. The monoisotopic (exact) mass is 436 g/mol. The number of ether oxygens (including phenoxy) is 1. The third-order valence-electron chi connectivity index (χ3n) is 6.41. The molecule has 30 heavy (non-hydrogen) atoms. The molecule has 5 nitrogen and oxygen atoms in total. The summed E-state index contributed by atoms with van der Waals surface area (Å²) in [5.74, 6) is 2.85. The van der Waals surface area contributed by atoms with Gasteiger partial charge in [0.15, 0.2) is 5.82 Å². The number of fused-ring (bicyclic) bond motifs is 4. The Bertz CT molecular complexity index is 1230. The van der Waals surface area contributed by atoms with Crippen LogP contribution in [0.4, 0.5) is 0 Å². The Balaban J connectivity index is 1.29. The van der Waals surface area contributed by atoms with Crippen molar-refractivity contribution in [2.45, 2.75) is 50.7 Å². The van der Waals surface area contributed by atoms with E-state index in [-0.39, 0.29) is 0 Å². The Morgan fingerprint density at radius 3 is 2.70 bits per heavy atom. The van der Waals surface area contributed by atoms with Gasteiger partial charge in [0.05, 0.1) is 22.7 Å². The summed E-state index contributed by atoms with van der Waals surface area (Å²) < 4.78 is 14.1. The van der Waals surface area contributed by atoms with E-state index in [1.165, 1.54) is 15.8 Å². The number of rotatable bonds is 2. The number of nitrogens with zero attached hydrogens (tertiary/aromatic N) is 4. The third kappa shape index (κ3) is 3.06. The molecule has 152 valence electrons. The number of aromatic nitrogens is 4. The van der Waals surface area contributed by atoms with E-state index in [0.717, 1.165) is 53.6 Å². The minimum Gasteiger partial charge on any atom is -0.369 e.